The summed E-state index contributed by atoms with van der Waals surface area (Å²) in [4.78, 5) is 17.6. The Balaban J connectivity index is 1.92. The molecule has 0 radical (unpaired) electrons. The van der Waals surface area contributed by atoms with Crippen LogP contribution < -0.4 is 0 Å². The molecule has 2 rings (SSSR count). The van der Waals surface area contributed by atoms with Crippen LogP contribution in [0.15, 0.2) is 30.3 Å². The van der Waals surface area contributed by atoms with Crippen molar-refractivity contribution in [1.29, 1.82) is 0 Å². The Morgan fingerprint density at radius 3 is 2.67 bits per heavy atom. The summed E-state index contributed by atoms with van der Waals surface area (Å²) in [5.74, 6) is 0.716. The highest BCUT2D eigenvalue weighted by atomic mass is 16.2. The smallest absolute Gasteiger partial charge is 0.293 e. The van der Waals surface area contributed by atoms with Crippen molar-refractivity contribution in [2.24, 2.45) is 0 Å². The molecule has 94 valence electrons. The third-order valence-electron chi connectivity index (χ3n) is 2.71. The summed E-state index contributed by atoms with van der Waals surface area (Å²) in [5, 5.41) is 6.53. The minimum absolute atomic E-state index is 0.157. The number of aromatic nitrogens is 3. The molecule has 0 atom stereocenters. The summed E-state index contributed by atoms with van der Waals surface area (Å²) in [6.45, 7) is 2.42. The van der Waals surface area contributed by atoms with Gasteiger partial charge in [0.2, 0.25) is 5.82 Å². The number of rotatable bonds is 4. The first-order valence-electron chi connectivity index (χ1n) is 5.85. The Morgan fingerprint density at radius 1 is 1.33 bits per heavy atom. The number of hydrogen-bond donors (Lipinski definition) is 1. The molecule has 0 saturated carbocycles. The Labute approximate surface area is 106 Å². The molecule has 5 heteroatoms. The third-order valence-corrected chi connectivity index (χ3v) is 2.71. The van der Waals surface area contributed by atoms with Crippen LogP contribution in [0.5, 0.6) is 0 Å². The number of carbonyl (C=O) groups excluding carboxylic acids is 1. The number of aromatic amines is 1. The van der Waals surface area contributed by atoms with E-state index in [1.165, 1.54) is 5.56 Å². The molecule has 0 aliphatic rings. The summed E-state index contributed by atoms with van der Waals surface area (Å²) < 4.78 is 0. The number of nitrogens with zero attached hydrogens (tertiary/aromatic N) is 3. The van der Waals surface area contributed by atoms with Crippen LogP contribution in [0, 0.1) is 6.92 Å². The molecule has 1 aromatic carbocycles. The van der Waals surface area contributed by atoms with Crippen LogP contribution in [0.4, 0.5) is 0 Å². The first-order valence-corrected chi connectivity index (χ1v) is 5.85. The van der Waals surface area contributed by atoms with E-state index < -0.39 is 0 Å². The fourth-order valence-electron chi connectivity index (χ4n) is 1.65. The van der Waals surface area contributed by atoms with E-state index in [1.54, 1.807) is 18.9 Å². The van der Waals surface area contributed by atoms with Crippen LogP contribution in [0.25, 0.3) is 0 Å². The lowest BCUT2D eigenvalue weighted by atomic mass is 10.1. The number of hydrogen-bond acceptors (Lipinski definition) is 3. The topological polar surface area (TPSA) is 61.9 Å². The zero-order valence-electron chi connectivity index (χ0n) is 10.6. The monoisotopic (exact) mass is 244 g/mol. The average molecular weight is 244 g/mol. The normalized spacial score (nSPS) is 10.3. The lowest BCUT2D eigenvalue weighted by Gasteiger charge is -2.14. The fraction of sp³-hybridized carbons (Fsp3) is 0.308. The Hall–Kier alpha value is -2.17. The van der Waals surface area contributed by atoms with Crippen molar-refractivity contribution in [2.45, 2.75) is 13.3 Å². The summed E-state index contributed by atoms with van der Waals surface area (Å²) >= 11 is 0. The maximum Gasteiger partial charge on any atom is 0.293 e. The van der Waals surface area contributed by atoms with Crippen molar-refractivity contribution in [1.82, 2.24) is 20.1 Å². The van der Waals surface area contributed by atoms with Crippen LogP contribution in [-0.2, 0) is 6.42 Å². The van der Waals surface area contributed by atoms with Crippen molar-refractivity contribution in [3.05, 3.63) is 47.5 Å². The van der Waals surface area contributed by atoms with Gasteiger partial charge in [-0.2, -0.15) is 0 Å². The van der Waals surface area contributed by atoms with Gasteiger partial charge < -0.3 is 4.90 Å². The summed E-state index contributed by atoms with van der Waals surface area (Å²) in [6, 6.07) is 10.1. The number of carbonyl (C=O) groups is 1. The van der Waals surface area contributed by atoms with E-state index in [4.69, 9.17) is 0 Å². The van der Waals surface area contributed by atoms with Crippen molar-refractivity contribution in [2.75, 3.05) is 13.6 Å². The Kier molecular flexibility index (Phi) is 3.72. The fourth-order valence-corrected chi connectivity index (χ4v) is 1.65. The van der Waals surface area contributed by atoms with Crippen molar-refractivity contribution >= 4 is 5.91 Å². The molecular weight excluding hydrogens is 228 g/mol. The molecule has 2 aromatic rings. The maximum absolute atomic E-state index is 12.0. The first kappa shape index (κ1) is 12.3. The summed E-state index contributed by atoms with van der Waals surface area (Å²) in [7, 11) is 1.76. The molecule has 0 aliphatic carbocycles. The largest absolute Gasteiger partial charge is 0.339 e. The molecule has 5 nitrogen and oxygen atoms in total. The summed E-state index contributed by atoms with van der Waals surface area (Å²) in [6.07, 6.45) is 0.826. The minimum atomic E-state index is -0.157. The van der Waals surface area contributed by atoms with Gasteiger partial charge >= 0.3 is 0 Å². The van der Waals surface area contributed by atoms with Gasteiger partial charge in [0.25, 0.3) is 5.91 Å². The Bertz CT molecular complexity index is 521. The molecule has 0 fully saturated rings. The average Bonchev–Trinajstić information content (AvgIpc) is 2.83. The first-order chi connectivity index (χ1) is 8.66. The van der Waals surface area contributed by atoms with Gasteiger partial charge in [0.15, 0.2) is 0 Å². The second-order valence-corrected chi connectivity index (χ2v) is 4.21. The van der Waals surface area contributed by atoms with Crippen LogP contribution in [0.3, 0.4) is 0 Å². The van der Waals surface area contributed by atoms with Crippen molar-refractivity contribution < 1.29 is 4.79 Å². The number of aryl methyl sites for hydroxylation is 1. The number of likely N-dealkylation sites (N-methyl/N-ethyl adjacent to an activating group) is 1. The highest BCUT2D eigenvalue weighted by Crippen LogP contribution is 2.03. The van der Waals surface area contributed by atoms with Gasteiger partial charge in [-0.25, -0.2) is 4.98 Å². The molecule has 1 N–H and O–H groups in total. The van der Waals surface area contributed by atoms with Crippen molar-refractivity contribution in [3.63, 3.8) is 0 Å². The predicted molar refractivity (Wildman–Crippen MR) is 68.2 cm³/mol. The van der Waals surface area contributed by atoms with Gasteiger partial charge in [-0.3, -0.25) is 9.89 Å². The summed E-state index contributed by atoms with van der Waals surface area (Å²) in [5.41, 5.74) is 1.21. The van der Waals surface area contributed by atoms with E-state index in [9.17, 15) is 4.79 Å². The van der Waals surface area contributed by atoms with E-state index in [1.807, 2.05) is 18.2 Å². The Morgan fingerprint density at radius 2 is 2.06 bits per heavy atom. The van der Waals surface area contributed by atoms with Gasteiger partial charge in [0.1, 0.15) is 5.82 Å². The van der Waals surface area contributed by atoms with E-state index in [0.717, 1.165) is 6.42 Å². The molecule has 1 amide bonds. The van der Waals surface area contributed by atoms with Gasteiger partial charge in [-0.1, -0.05) is 30.3 Å². The minimum Gasteiger partial charge on any atom is -0.339 e. The van der Waals surface area contributed by atoms with E-state index in [2.05, 4.69) is 27.3 Å². The maximum atomic E-state index is 12.0. The molecule has 0 bridgehead atoms. The van der Waals surface area contributed by atoms with E-state index >= 15 is 0 Å². The lowest BCUT2D eigenvalue weighted by molar-refractivity contribution is 0.0785. The van der Waals surface area contributed by atoms with Gasteiger partial charge in [-0.05, 0) is 18.9 Å². The van der Waals surface area contributed by atoms with Crippen LogP contribution in [-0.4, -0.2) is 39.6 Å². The number of amides is 1. The van der Waals surface area contributed by atoms with Crippen LogP contribution in [0.2, 0.25) is 0 Å². The second-order valence-electron chi connectivity index (χ2n) is 4.21. The number of H-pyrrole nitrogens is 1. The molecule has 0 unspecified atom stereocenters. The van der Waals surface area contributed by atoms with Gasteiger partial charge in [0, 0.05) is 13.6 Å². The molecule has 1 aromatic heterocycles. The number of benzene rings is 1. The van der Waals surface area contributed by atoms with Gasteiger partial charge in [-0.15, -0.1) is 5.10 Å². The van der Waals surface area contributed by atoms with E-state index in [-0.39, 0.29) is 11.7 Å². The van der Waals surface area contributed by atoms with Crippen LogP contribution in [0.1, 0.15) is 22.0 Å². The lowest BCUT2D eigenvalue weighted by Crippen LogP contribution is -2.29. The predicted octanol–water partition coefficient (Wildman–Crippen LogP) is 1.43. The molecule has 0 saturated heterocycles. The van der Waals surface area contributed by atoms with Crippen LogP contribution >= 0.6 is 0 Å². The molecule has 0 spiro atoms. The number of nitrogens with one attached hydrogen (secondary N) is 1. The van der Waals surface area contributed by atoms with Gasteiger partial charge in [0.05, 0.1) is 0 Å². The third kappa shape index (κ3) is 2.94. The quantitative estimate of drug-likeness (QED) is 0.885. The second kappa shape index (κ2) is 5.44. The highest BCUT2D eigenvalue weighted by molar-refractivity contribution is 5.90. The van der Waals surface area contributed by atoms with Crippen molar-refractivity contribution in [3.8, 4) is 0 Å². The zero-order chi connectivity index (χ0) is 13.0. The SMILES string of the molecule is Cc1nc(C(=O)N(C)CCc2ccccc2)n[nH]1. The zero-order valence-corrected chi connectivity index (χ0v) is 10.6. The molecule has 1 heterocycles. The standard InChI is InChI=1S/C13H16N4O/c1-10-14-12(16-15-10)13(18)17(2)9-8-11-6-4-3-5-7-11/h3-7H,8-9H2,1-2H3,(H,14,15,16). The highest BCUT2D eigenvalue weighted by Gasteiger charge is 2.15. The molecule has 18 heavy (non-hydrogen) atoms. The molecular formula is C13H16N4O. The van der Waals surface area contributed by atoms with E-state index in [0.29, 0.717) is 12.4 Å². The molecule has 0 aliphatic heterocycles.